The van der Waals surface area contributed by atoms with E-state index in [1.807, 2.05) is 43.7 Å². The van der Waals surface area contributed by atoms with Gasteiger partial charge in [0.2, 0.25) is 0 Å². The number of imidazole rings is 1. The molecule has 0 spiro atoms. The number of fused-ring (bicyclic) bond motifs is 1. The van der Waals surface area contributed by atoms with E-state index in [4.69, 9.17) is 0 Å². The zero-order valence-electron chi connectivity index (χ0n) is 8.70. The van der Waals surface area contributed by atoms with Crippen molar-refractivity contribution in [2.45, 2.75) is 13.8 Å². The van der Waals surface area contributed by atoms with Crippen LogP contribution in [-0.4, -0.2) is 9.55 Å². The van der Waals surface area contributed by atoms with Crippen molar-refractivity contribution in [3.05, 3.63) is 30.6 Å². The second kappa shape index (κ2) is 6.73. The fraction of sp³-hybridized carbons (Fsp3) is 0.300. The number of hydrogen-bond acceptors (Lipinski definition) is 1. The van der Waals surface area contributed by atoms with E-state index in [2.05, 4.69) is 11.1 Å². The average Bonchev–Trinajstić information content (AvgIpc) is 2.53. The summed E-state index contributed by atoms with van der Waals surface area (Å²) in [7, 11) is 1.98. The maximum absolute atomic E-state index is 4.16. The van der Waals surface area contributed by atoms with Crippen LogP contribution in [-0.2, 0) is 7.05 Å². The van der Waals surface area contributed by atoms with Crippen LogP contribution in [0.25, 0.3) is 11.0 Å². The van der Waals surface area contributed by atoms with Gasteiger partial charge >= 0.3 is 51.4 Å². The molecule has 3 heteroatoms. The van der Waals surface area contributed by atoms with Crippen LogP contribution in [0.4, 0.5) is 0 Å². The summed E-state index contributed by atoms with van der Waals surface area (Å²) in [4.78, 5) is 4.16. The van der Waals surface area contributed by atoms with E-state index in [-0.39, 0.29) is 51.4 Å². The number of rotatable bonds is 0. The van der Waals surface area contributed by atoms with Crippen LogP contribution < -0.4 is 51.4 Å². The van der Waals surface area contributed by atoms with Crippen LogP contribution in [0, 0.1) is 6.07 Å². The van der Waals surface area contributed by atoms with E-state index in [1.54, 1.807) is 6.33 Å². The van der Waals surface area contributed by atoms with Crippen LogP contribution in [0.3, 0.4) is 0 Å². The van der Waals surface area contributed by atoms with Crippen molar-refractivity contribution in [2.75, 3.05) is 0 Å². The molecule has 0 fully saturated rings. The predicted molar refractivity (Wildman–Crippen MR) is 50.9 cm³/mol. The molecule has 0 N–H and O–H groups in total. The zero-order chi connectivity index (χ0) is 8.97. The molecule has 0 aliphatic heterocycles. The largest absolute Gasteiger partial charge is 1.00 e. The summed E-state index contributed by atoms with van der Waals surface area (Å²) in [6, 6.07) is 8.76. The summed E-state index contributed by atoms with van der Waals surface area (Å²) in [6.45, 7) is 4.00. The molecule has 0 amide bonds. The molecule has 0 saturated heterocycles. The number of benzene rings is 1. The van der Waals surface area contributed by atoms with E-state index < -0.39 is 0 Å². The third-order valence-corrected chi connectivity index (χ3v) is 1.57. The molecular weight excluding hydrogens is 187 g/mol. The van der Waals surface area contributed by atoms with Crippen molar-refractivity contribution in [2.24, 2.45) is 7.05 Å². The van der Waals surface area contributed by atoms with Gasteiger partial charge in [0.25, 0.3) is 0 Å². The normalized spacial score (nSPS) is 8.54. The first kappa shape index (κ1) is 13.3. The fourth-order valence-electron chi connectivity index (χ4n) is 1.02. The molecule has 0 unspecified atom stereocenters. The molecule has 2 aromatic rings. The smallest absolute Gasteiger partial charge is 0.387 e. The van der Waals surface area contributed by atoms with Gasteiger partial charge in [0.15, 0.2) is 0 Å². The van der Waals surface area contributed by atoms with Gasteiger partial charge in [-0.05, 0) is 11.0 Å². The Hall–Kier alpha value is 0.326. The van der Waals surface area contributed by atoms with Crippen molar-refractivity contribution in [3.63, 3.8) is 0 Å². The van der Waals surface area contributed by atoms with Crippen LogP contribution in [0.2, 0.25) is 0 Å². The van der Waals surface area contributed by atoms with E-state index in [0.717, 1.165) is 11.0 Å². The van der Waals surface area contributed by atoms with E-state index >= 15 is 0 Å². The summed E-state index contributed by atoms with van der Waals surface area (Å²) < 4.78 is 1.98. The van der Waals surface area contributed by atoms with Gasteiger partial charge in [-0.15, -0.1) is 6.07 Å². The van der Waals surface area contributed by atoms with Crippen LogP contribution in [0.15, 0.2) is 24.5 Å². The quantitative estimate of drug-likeness (QED) is 0.410. The Morgan fingerprint density at radius 3 is 2.69 bits per heavy atom. The van der Waals surface area contributed by atoms with Crippen LogP contribution in [0.5, 0.6) is 0 Å². The topological polar surface area (TPSA) is 17.8 Å². The molecule has 1 heterocycles. The summed E-state index contributed by atoms with van der Waals surface area (Å²) in [5, 5.41) is 0. The third kappa shape index (κ3) is 3.18. The van der Waals surface area contributed by atoms with Gasteiger partial charge in [-0.1, -0.05) is 13.8 Å². The molecule has 0 atom stereocenters. The Balaban J connectivity index is 0.000000451. The molecule has 13 heavy (non-hydrogen) atoms. The minimum atomic E-state index is 0. The molecule has 0 aliphatic carbocycles. The van der Waals surface area contributed by atoms with Crippen LogP contribution >= 0.6 is 0 Å². The van der Waals surface area contributed by atoms with Crippen molar-refractivity contribution in [3.8, 4) is 0 Å². The Morgan fingerprint density at radius 1 is 1.38 bits per heavy atom. The zero-order valence-corrected chi connectivity index (χ0v) is 11.8. The molecule has 64 valence electrons. The van der Waals surface area contributed by atoms with Gasteiger partial charge in [0.1, 0.15) is 0 Å². The first-order valence-corrected chi connectivity index (χ1v) is 4.15. The summed E-state index contributed by atoms with van der Waals surface area (Å²) in [6.07, 6.45) is 1.80. The SMILES string of the molecule is CC.Cn1cnc2cc[c-]cc21.[K+]. The number of hydrogen-bond donors (Lipinski definition) is 0. The molecule has 2 rings (SSSR count). The molecule has 0 aliphatic rings. The molecule has 0 bridgehead atoms. The minimum Gasteiger partial charge on any atom is -0.387 e. The Kier molecular flexibility index (Phi) is 6.90. The average molecular weight is 200 g/mol. The first-order chi connectivity index (χ1) is 5.88. The standard InChI is InChI=1S/C8H7N2.C2H6.K/c1-10-6-9-7-4-2-3-5-8(7)10;1-2;/h2,4-6H,1H3;1-2H3;/q-1;;+1. The number of aryl methyl sites for hydroxylation is 1. The first-order valence-electron chi connectivity index (χ1n) is 4.15. The number of aromatic nitrogens is 2. The molecular formula is C10H13KN2. The fourth-order valence-corrected chi connectivity index (χ4v) is 1.02. The van der Waals surface area contributed by atoms with Crippen molar-refractivity contribution < 1.29 is 51.4 Å². The van der Waals surface area contributed by atoms with Gasteiger partial charge in [-0.2, -0.15) is 18.2 Å². The maximum Gasteiger partial charge on any atom is 1.00 e. The van der Waals surface area contributed by atoms with Gasteiger partial charge < -0.3 is 4.57 Å². The van der Waals surface area contributed by atoms with Gasteiger partial charge in [-0.3, -0.25) is 4.98 Å². The second-order valence-electron chi connectivity index (χ2n) is 2.27. The Labute approximate surface area is 122 Å². The summed E-state index contributed by atoms with van der Waals surface area (Å²) >= 11 is 0. The van der Waals surface area contributed by atoms with Crippen LogP contribution in [0.1, 0.15) is 13.8 Å². The van der Waals surface area contributed by atoms with Crippen molar-refractivity contribution >= 4 is 11.0 Å². The second-order valence-corrected chi connectivity index (χ2v) is 2.27. The van der Waals surface area contributed by atoms with Crippen molar-refractivity contribution in [1.29, 1.82) is 0 Å². The maximum atomic E-state index is 4.16. The Bertz CT molecular complexity index is 354. The molecule has 0 saturated carbocycles. The third-order valence-electron chi connectivity index (χ3n) is 1.57. The summed E-state index contributed by atoms with van der Waals surface area (Å²) in [5.74, 6) is 0. The molecule has 1 aromatic carbocycles. The van der Waals surface area contributed by atoms with E-state index in [0.29, 0.717) is 0 Å². The van der Waals surface area contributed by atoms with E-state index in [9.17, 15) is 0 Å². The monoisotopic (exact) mass is 200 g/mol. The molecule has 1 aromatic heterocycles. The minimum absolute atomic E-state index is 0. The van der Waals surface area contributed by atoms with Gasteiger partial charge in [0, 0.05) is 7.05 Å². The molecule has 0 radical (unpaired) electrons. The van der Waals surface area contributed by atoms with Gasteiger partial charge in [-0.25, -0.2) is 0 Å². The van der Waals surface area contributed by atoms with E-state index in [1.165, 1.54) is 0 Å². The van der Waals surface area contributed by atoms with Crippen molar-refractivity contribution in [1.82, 2.24) is 9.55 Å². The van der Waals surface area contributed by atoms with Gasteiger partial charge in [0.05, 0.1) is 6.33 Å². The Morgan fingerprint density at radius 2 is 2.08 bits per heavy atom. The summed E-state index contributed by atoms with van der Waals surface area (Å²) in [5.41, 5.74) is 2.16. The predicted octanol–water partition coefficient (Wildman–Crippen LogP) is -0.596. The number of nitrogens with zero attached hydrogens (tertiary/aromatic N) is 2. The molecule has 2 nitrogen and oxygen atoms in total.